The highest BCUT2D eigenvalue weighted by molar-refractivity contribution is 7.45. The molecule has 3 N–H and O–H groups in total. The number of allylic oxidation sites excluding steroid dienone is 6. The van der Waals surface area contributed by atoms with Crippen LogP contribution in [0.4, 0.5) is 0 Å². The van der Waals surface area contributed by atoms with Gasteiger partial charge >= 0.3 is 0 Å². The van der Waals surface area contributed by atoms with Gasteiger partial charge < -0.3 is 34.0 Å². The molecular formula is C59H115N2O7P. The van der Waals surface area contributed by atoms with Gasteiger partial charge in [-0.1, -0.05) is 237 Å². The van der Waals surface area contributed by atoms with Crippen molar-refractivity contribution in [3.63, 3.8) is 0 Å². The molecule has 0 aliphatic carbocycles. The Kier molecular flexibility index (Phi) is 49.3. The molecule has 0 spiro atoms. The predicted molar refractivity (Wildman–Crippen MR) is 294 cm³/mol. The van der Waals surface area contributed by atoms with E-state index in [-0.39, 0.29) is 18.9 Å². The molecular weight excluding hydrogens is 880 g/mol. The summed E-state index contributed by atoms with van der Waals surface area (Å²) in [7, 11) is 1.12. The number of phosphoric ester groups is 1. The molecule has 0 aliphatic heterocycles. The smallest absolute Gasteiger partial charge is 0.268 e. The summed E-state index contributed by atoms with van der Waals surface area (Å²) in [4.78, 5) is 25.5. The van der Waals surface area contributed by atoms with Crippen LogP contribution in [0.3, 0.4) is 0 Å². The van der Waals surface area contributed by atoms with Crippen molar-refractivity contribution < 1.29 is 38.0 Å². The first-order valence-electron chi connectivity index (χ1n) is 29.4. The van der Waals surface area contributed by atoms with Gasteiger partial charge in [-0.05, 0) is 70.6 Å². The molecule has 9 nitrogen and oxygen atoms in total. The second-order valence-electron chi connectivity index (χ2n) is 21.5. The summed E-state index contributed by atoms with van der Waals surface area (Å²) < 4.78 is 23.2. The van der Waals surface area contributed by atoms with E-state index in [1.54, 1.807) is 0 Å². The molecule has 0 saturated carbocycles. The van der Waals surface area contributed by atoms with E-state index in [4.69, 9.17) is 9.05 Å². The minimum Gasteiger partial charge on any atom is -0.756 e. The number of hydrogen-bond acceptors (Lipinski definition) is 7. The Morgan fingerprint density at radius 1 is 0.522 bits per heavy atom. The Morgan fingerprint density at radius 3 is 1.26 bits per heavy atom. The van der Waals surface area contributed by atoms with Crippen LogP contribution < -0.4 is 10.2 Å². The van der Waals surface area contributed by atoms with Gasteiger partial charge in [0, 0.05) is 6.42 Å². The monoisotopic (exact) mass is 995 g/mol. The quantitative estimate of drug-likeness (QED) is 0.0240. The van der Waals surface area contributed by atoms with Crippen molar-refractivity contribution in [2.75, 3.05) is 40.9 Å². The largest absolute Gasteiger partial charge is 0.756 e. The molecule has 0 bridgehead atoms. The van der Waals surface area contributed by atoms with E-state index in [9.17, 15) is 24.5 Å². The number of unbranched alkanes of at least 4 members (excludes halogenated alkanes) is 34. The number of nitrogens with one attached hydrogen (secondary N) is 1. The van der Waals surface area contributed by atoms with Crippen molar-refractivity contribution in [1.29, 1.82) is 0 Å². The zero-order valence-corrected chi connectivity index (χ0v) is 47.0. The normalized spacial score (nSPS) is 14.6. The van der Waals surface area contributed by atoms with Gasteiger partial charge in [0.2, 0.25) is 5.91 Å². The van der Waals surface area contributed by atoms with Gasteiger partial charge in [-0.15, -0.1) is 0 Å². The molecule has 4 atom stereocenters. The standard InChI is InChI=1S/C59H115N2O7P/c1-6-8-10-12-14-16-18-20-21-22-23-24-25-26-27-28-29-30-31-32-33-34-35-36-37-38-39-40-42-44-46-48-50-52-58(63)60-56(55-68-69(65,66)67-54-53-61(3,4)5)59(64)57(62)51-49-47-45-43-41-19-17-15-13-11-9-7-2/h18,20,22-23,43,45,56-57,59,62,64H,6-17,19,21,24-42,44,46-55H2,1-5H3,(H-,60,63,65,66)/b20-18-,23-22-,45-43+. The Balaban J connectivity index is 4.06. The fourth-order valence-electron chi connectivity index (χ4n) is 8.76. The molecule has 0 saturated heterocycles. The van der Waals surface area contributed by atoms with Crippen LogP contribution in [-0.4, -0.2) is 79.8 Å². The number of rotatable bonds is 54. The molecule has 0 aromatic carbocycles. The average molecular weight is 996 g/mol. The maximum Gasteiger partial charge on any atom is 0.268 e. The van der Waals surface area contributed by atoms with Gasteiger partial charge in [0.15, 0.2) is 0 Å². The molecule has 0 aromatic rings. The third kappa shape index (κ3) is 51.4. The van der Waals surface area contributed by atoms with Crippen LogP contribution in [0.2, 0.25) is 0 Å². The third-order valence-electron chi connectivity index (χ3n) is 13.4. The molecule has 0 heterocycles. The minimum absolute atomic E-state index is 0.0447. The summed E-state index contributed by atoms with van der Waals surface area (Å²) in [5.41, 5.74) is 0. The number of phosphoric acid groups is 1. The highest BCUT2D eigenvalue weighted by Crippen LogP contribution is 2.38. The van der Waals surface area contributed by atoms with Crippen molar-refractivity contribution in [2.24, 2.45) is 0 Å². The molecule has 1 amide bonds. The van der Waals surface area contributed by atoms with Crippen molar-refractivity contribution in [2.45, 2.75) is 295 Å². The molecule has 0 aliphatic rings. The van der Waals surface area contributed by atoms with E-state index < -0.39 is 32.7 Å². The van der Waals surface area contributed by atoms with Crippen molar-refractivity contribution >= 4 is 13.7 Å². The van der Waals surface area contributed by atoms with E-state index in [1.807, 2.05) is 21.1 Å². The minimum atomic E-state index is -4.68. The lowest BCUT2D eigenvalue weighted by atomic mass is 10.0. The van der Waals surface area contributed by atoms with Crippen LogP contribution in [-0.2, 0) is 18.4 Å². The fourth-order valence-corrected chi connectivity index (χ4v) is 9.48. The predicted octanol–water partition coefficient (Wildman–Crippen LogP) is 16.1. The van der Waals surface area contributed by atoms with Gasteiger partial charge in [0.05, 0.1) is 39.9 Å². The number of nitrogens with zero attached hydrogens (tertiary/aromatic N) is 1. The number of hydrogen-bond donors (Lipinski definition) is 3. The SMILES string of the molecule is CCCCCCC/C=C\C/C=C\CCCCCCCCCCCCCCCCCCCCCCCC(=O)NC(COP(=O)([O-])OCC[N+](C)(C)C)C(O)C(O)CCC/C=C/CCCCCCCCC. The number of carbonyl (C=O) groups excluding carboxylic acids is 1. The molecule has 0 radical (unpaired) electrons. The van der Waals surface area contributed by atoms with Crippen molar-refractivity contribution in [3.05, 3.63) is 36.5 Å². The van der Waals surface area contributed by atoms with Gasteiger partial charge in [0.1, 0.15) is 19.3 Å². The summed E-state index contributed by atoms with van der Waals surface area (Å²) >= 11 is 0. The molecule has 69 heavy (non-hydrogen) atoms. The Morgan fingerprint density at radius 2 is 0.870 bits per heavy atom. The maximum absolute atomic E-state index is 13.0. The van der Waals surface area contributed by atoms with Gasteiger partial charge in [-0.25, -0.2) is 0 Å². The molecule has 408 valence electrons. The van der Waals surface area contributed by atoms with Crippen LogP contribution in [0.1, 0.15) is 277 Å². The molecule has 0 rings (SSSR count). The number of carbonyl (C=O) groups is 1. The molecule has 0 fully saturated rings. The van der Waals surface area contributed by atoms with Crippen LogP contribution in [0, 0.1) is 0 Å². The van der Waals surface area contributed by atoms with Crippen LogP contribution in [0.25, 0.3) is 0 Å². The Hall–Kier alpha value is -1.32. The van der Waals surface area contributed by atoms with Crippen molar-refractivity contribution in [1.82, 2.24) is 5.32 Å². The molecule has 10 heteroatoms. The lowest BCUT2D eigenvalue weighted by Gasteiger charge is -2.31. The number of likely N-dealkylation sites (N-methyl/N-ethyl adjacent to an activating group) is 1. The maximum atomic E-state index is 13.0. The fraction of sp³-hybridized carbons (Fsp3) is 0.881. The van der Waals surface area contributed by atoms with Crippen LogP contribution in [0.5, 0.6) is 0 Å². The number of aliphatic hydroxyl groups excluding tert-OH is 2. The van der Waals surface area contributed by atoms with Crippen molar-refractivity contribution in [3.8, 4) is 0 Å². The summed E-state index contributed by atoms with van der Waals surface area (Å²) in [5, 5.41) is 24.7. The molecule has 0 aromatic heterocycles. The topological polar surface area (TPSA) is 128 Å². The lowest BCUT2D eigenvalue weighted by Crippen LogP contribution is -2.51. The number of aliphatic hydroxyl groups is 2. The van der Waals surface area contributed by atoms with E-state index in [2.05, 4.69) is 55.6 Å². The Labute approximate surface area is 428 Å². The van der Waals surface area contributed by atoms with Gasteiger partial charge in [-0.3, -0.25) is 9.36 Å². The van der Waals surface area contributed by atoms with E-state index >= 15 is 0 Å². The van der Waals surface area contributed by atoms with Gasteiger partial charge in [0.25, 0.3) is 7.82 Å². The average Bonchev–Trinajstić information content (AvgIpc) is 3.31. The zero-order chi connectivity index (χ0) is 50.8. The highest BCUT2D eigenvalue weighted by atomic mass is 31.2. The molecule has 4 unspecified atom stereocenters. The van der Waals surface area contributed by atoms with Crippen LogP contribution >= 0.6 is 7.82 Å². The second-order valence-corrected chi connectivity index (χ2v) is 22.9. The first kappa shape index (κ1) is 67.7. The number of quaternary nitrogens is 1. The first-order valence-corrected chi connectivity index (χ1v) is 30.9. The number of amides is 1. The lowest BCUT2D eigenvalue weighted by molar-refractivity contribution is -0.870. The van der Waals surface area contributed by atoms with E-state index in [0.717, 1.165) is 32.1 Å². The van der Waals surface area contributed by atoms with Gasteiger partial charge in [-0.2, -0.15) is 0 Å². The highest BCUT2D eigenvalue weighted by Gasteiger charge is 2.29. The van der Waals surface area contributed by atoms with Crippen LogP contribution in [0.15, 0.2) is 36.5 Å². The van der Waals surface area contributed by atoms with E-state index in [1.165, 1.54) is 205 Å². The summed E-state index contributed by atoms with van der Waals surface area (Å²) in [6.07, 6.45) is 60.9. The second kappa shape index (κ2) is 50.2. The summed E-state index contributed by atoms with van der Waals surface area (Å²) in [6, 6.07) is -1.09. The third-order valence-corrected chi connectivity index (χ3v) is 14.4. The summed E-state index contributed by atoms with van der Waals surface area (Å²) in [5.74, 6) is -0.285. The first-order chi connectivity index (χ1) is 33.4. The zero-order valence-electron chi connectivity index (χ0n) is 46.1. The Bertz CT molecular complexity index is 1240. The summed E-state index contributed by atoms with van der Waals surface area (Å²) in [6.45, 7) is 4.42. The van der Waals surface area contributed by atoms with E-state index in [0.29, 0.717) is 30.3 Å².